The molecule has 0 atom stereocenters. The fourth-order valence-corrected chi connectivity index (χ4v) is 1.49. The van der Waals surface area contributed by atoms with Gasteiger partial charge >= 0.3 is 6.18 Å². The van der Waals surface area contributed by atoms with Crippen molar-refractivity contribution in [1.82, 2.24) is 14.8 Å². The molecule has 2 aromatic rings. The van der Waals surface area contributed by atoms with Crippen molar-refractivity contribution < 1.29 is 13.2 Å². The zero-order valence-corrected chi connectivity index (χ0v) is 9.70. The lowest BCUT2D eigenvalue weighted by molar-refractivity contribution is -0.115. The molecule has 0 amide bonds. The highest BCUT2D eigenvalue weighted by Crippen LogP contribution is 2.23. The second-order valence-electron chi connectivity index (χ2n) is 3.46. The maximum absolute atomic E-state index is 12.1. The van der Waals surface area contributed by atoms with Crippen LogP contribution in [0.5, 0.6) is 0 Å². The van der Waals surface area contributed by atoms with Crippen molar-refractivity contribution in [3.63, 3.8) is 0 Å². The van der Waals surface area contributed by atoms with E-state index in [-0.39, 0.29) is 10.8 Å². The Hall–Kier alpha value is -1.76. The van der Waals surface area contributed by atoms with E-state index in [0.29, 0.717) is 5.69 Å². The van der Waals surface area contributed by atoms with Crippen LogP contribution < -0.4 is 5.32 Å². The molecule has 0 bridgehead atoms. The number of hydrogen-bond donors (Lipinski definition) is 1. The van der Waals surface area contributed by atoms with Crippen LogP contribution in [-0.2, 0) is 0 Å². The van der Waals surface area contributed by atoms with Gasteiger partial charge in [0.15, 0.2) is 5.15 Å². The normalized spacial score (nSPS) is 11.6. The summed E-state index contributed by atoms with van der Waals surface area (Å²) in [5.74, 6) is 0. The zero-order chi connectivity index (χ0) is 13.2. The van der Waals surface area contributed by atoms with Crippen LogP contribution in [0.4, 0.5) is 18.9 Å². The Morgan fingerprint density at radius 2 is 2.17 bits per heavy atom. The summed E-state index contributed by atoms with van der Waals surface area (Å²) in [6.45, 7) is -1.16. The summed E-state index contributed by atoms with van der Waals surface area (Å²) in [6.07, 6.45) is 0.180. The van der Waals surface area contributed by atoms with Crippen molar-refractivity contribution in [1.29, 1.82) is 0 Å². The number of hydrogen-bond acceptors (Lipinski definition) is 3. The lowest BCUT2D eigenvalue weighted by atomic mass is 10.4. The number of aromatic nitrogens is 3. The predicted molar refractivity (Wildman–Crippen MR) is 60.9 cm³/mol. The molecule has 0 spiro atoms. The minimum absolute atomic E-state index is 0.0249. The number of anilines is 1. The molecule has 1 N–H and O–H groups in total. The standard InChI is InChI=1S/C10H8ClF3N4/c11-9-8(16-6-10(12,13)14)5-18(17-9)7-2-1-3-15-4-7/h1-5,16H,6H2. The fraction of sp³-hybridized carbons (Fsp3) is 0.200. The third-order valence-corrected chi connectivity index (χ3v) is 2.34. The summed E-state index contributed by atoms with van der Waals surface area (Å²) >= 11 is 5.74. The van der Waals surface area contributed by atoms with Gasteiger partial charge in [-0.05, 0) is 12.1 Å². The SMILES string of the molecule is FC(F)(F)CNc1cn(-c2cccnc2)nc1Cl. The van der Waals surface area contributed by atoms with Gasteiger partial charge < -0.3 is 5.32 Å². The van der Waals surface area contributed by atoms with Gasteiger partial charge in [-0.15, -0.1) is 0 Å². The van der Waals surface area contributed by atoms with Crippen molar-refractivity contribution in [2.45, 2.75) is 6.18 Å². The van der Waals surface area contributed by atoms with Gasteiger partial charge in [0.1, 0.15) is 6.54 Å². The first-order valence-electron chi connectivity index (χ1n) is 4.92. The Bertz CT molecular complexity index is 524. The third-order valence-electron chi connectivity index (χ3n) is 2.06. The Balaban J connectivity index is 2.17. The molecule has 0 radical (unpaired) electrons. The molecule has 0 unspecified atom stereocenters. The summed E-state index contributed by atoms with van der Waals surface area (Å²) in [5, 5.41) is 6.05. The maximum atomic E-state index is 12.1. The van der Waals surface area contributed by atoms with E-state index in [1.165, 1.54) is 17.1 Å². The van der Waals surface area contributed by atoms with Gasteiger partial charge in [-0.3, -0.25) is 4.98 Å². The number of alkyl halides is 3. The minimum Gasteiger partial charge on any atom is -0.373 e. The van der Waals surface area contributed by atoms with Crippen LogP contribution in [0.3, 0.4) is 0 Å². The van der Waals surface area contributed by atoms with Gasteiger partial charge in [0.05, 0.1) is 23.8 Å². The van der Waals surface area contributed by atoms with E-state index in [9.17, 15) is 13.2 Å². The van der Waals surface area contributed by atoms with Crippen LogP contribution in [0.25, 0.3) is 5.69 Å². The van der Waals surface area contributed by atoms with Crippen LogP contribution in [0.15, 0.2) is 30.7 Å². The molecule has 0 saturated carbocycles. The van der Waals surface area contributed by atoms with Crippen LogP contribution in [0.1, 0.15) is 0 Å². The van der Waals surface area contributed by atoms with Crippen molar-refractivity contribution in [2.75, 3.05) is 11.9 Å². The highest BCUT2D eigenvalue weighted by atomic mass is 35.5. The molecule has 18 heavy (non-hydrogen) atoms. The van der Waals surface area contributed by atoms with Crippen LogP contribution >= 0.6 is 11.6 Å². The molecule has 0 aliphatic heterocycles. The van der Waals surface area contributed by atoms with E-state index in [0.717, 1.165) is 0 Å². The van der Waals surface area contributed by atoms with Crippen LogP contribution in [0, 0.1) is 0 Å². The largest absolute Gasteiger partial charge is 0.405 e. The first-order chi connectivity index (χ1) is 8.46. The van der Waals surface area contributed by atoms with Gasteiger partial charge in [-0.2, -0.15) is 18.3 Å². The molecule has 2 rings (SSSR count). The Labute approximate surface area is 105 Å². The lowest BCUT2D eigenvalue weighted by Gasteiger charge is -2.07. The van der Waals surface area contributed by atoms with E-state index in [1.54, 1.807) is 18.3 Å². The molecule has 0 aliphatic carbocycles. The lowest BCUT2D eigenvalue weighted by Crippen LogP contribution is -2.21. The molecule has 0 aromatic carbocycles. The van der Waals surface area contributed by atoms with Gasteiger partial charge in [-0.1, -0.05) is 11.6 Å². The third kappa shape index (κ3) is 3.13. The van der Waals surface area contributed by atoms with E-state index in [2.05, 4.69) is 15.4 Å². The molecule has 8 heteroatoms. The highest BCUT2D eigenvalue weighted by Gasteiger charge is 2.27. The van der Waals surface area contributed by atoms with Crippen molar-refractivity contribution >= 4 is 17.3 Å². The molecule has 4 nitrogen and oxygen atoms in total. The number of pyridine rings is 1. The fourth-order valence-electron chi connectivity index (χ4n) is 1.29. The zero-order valence-electron chi connectivity index (χ0n) is 8.95. The summed E-state index contributed by atoms with van der Waals surface area (Å²) in [4.78, 5) is 3.88. The van der Waals surface area contributed by atoms with Gasteiger partial charge in [0.25, 0.3) is 0 Å². The summed E-state index contributed by atoms with van der Waals surface area (Å²) in [5.41, 5.74) is 0.734. The second-order valence-corrected chi connectivity index (χ2v) is 3.82. The van der Waals surface area contributed by atoms with Crippen molar-refractivity contribution in [2.24, 2.45) is 0 Å². The number of nitrogens with one attached hydrogen (secondary N) is 1. The smallest absolute Gasteiger partial charge is 0.373 e. The summed E-state index contributed by atoms with van der Waals surface area (Å²) in [7, 11) is 0. The quantitative estimate of drug-likeness (QED) is 0.937. The van der Waals surface area contributed by atoms with E-state index in [4.69, 9.17) is 11.6 Å². The monoisotopic (exact) mass is 276 g/mol. The second kappa shape index (κ2) is 4.85. The van der Waals surface area contributed by atoms with Crippen LogP contribution in [0.2, 0.25) is 5.15 Å². The van der Waals surface area contributed by atoms with Gasteiger partial charge in [-0.25, -0.2) is 4.68 Å². The van der Waals surface area contributed by atoms with Crippen molar-refractivity contribution in [3.05, 3.63) is 35.9 Å². The molecule has 96 valence electrons. The van der Waals surface area contributed by atoms with Crippen LogP contribution in [-0.4, -0.2) is 27.5 Å². The maximum Gasteiger partial charge on any atom is 0.405 e. The predicted octanol–water partition coefficient (Wildman–Crippen LogP) is 2.89. The van der Waals surface area contributed by atoms with E-state index >= 15 is 0 Å². The summed E-state index contributed by atoms with van der Waals surface area (Å²) < 4.78 is 37.5. The van der Waals surface area contributed by atoms with E-state index < -0.39 is 12.7 Å². The first-order valence-corrected chi connectivity index (χ1v) is 5.30. The number of halogens is 4. The molecule has 0 saturated heterocycles. The highest BCUT2D eigenvalue weighted by molar-refractivity contribution is 6.32. The average molecular weight is 277 g/mol. The molecule has 0 fully saturated rings. The van der Waals surface area contributed by atoms with Crippen molar-refractivity contribution in [3.8, 4) is 5.69 Å². The first kappa shape index (κ1) is 12.7. The molecule has 0 aliphatic rings. The Kier molecular flexibility index (Phi) is 3.42. The number of nitrogens with zero attached hydrogens (tertiary/aromatic N) is 3. The molecular formula is C10H8ClF3N4. The van der Waals surface area contributed by atoms with E-state index in [1.807, 2.05) is 0 Å². The van der Waals surface area contributed by atoms with Gasteiger partial charge in [0, 0.05) is 6.20 Å². The molecular weight excluding hydrogens is 269 g/mol. The Morgan fingerprint density at radius 1 is 1.39 bits per heavy atom. The van der Waals surface area contributed by atoms with Gasteiger partial charge in [0.2, 0.25) is 0 Å². The number of rotatable bonds is 3. The summed E-state index contributed by atoms with van der Waals surface area (Å²) in [6, 6.07) is 3.40. The minimum atomic E-state index is -4.31. The average Bonchev–Trinajstić information content (AvgIpc) is 2.68. The molecule has 2 aromatic heterocycles. The molecule has 2 heterocycles. The topological polar surface area (TPSA) is 42.7 Å². The Morgan fingerprint density at radius 3 is 2.78 bits per heavy atom.